The maximum atomic E-state index is 5.43. The summed E-state index contributed by atoms with van der Waals surface area (Å²) in [4.78, 5) is 2.52. The molecule has 1 N–H and O–H groups in total. The number of nitrogens with one attached hydrogen (secondary N) is 1. The Morgan fingerprint density at radius 2 is 2.05 bits per heavy atom. The predicted molar refractivity (Wildman–Crippen MR) is 91.4 cm³/mol. The minimum absolute atomic E-state index is 0.453. The van der Waals surface area contributed by atoms with Crippen LogP contribution in [0.1, 0.15) is 37.8 Å². The first kappa shape index (κ1) is 16.9. The Kier molecular flexibility index (Phi) is 6.68. The van der Waals surface area contributed by atoms with Gasteiger partial charge in [0.05, 0.1) is 6.10 Å². The van der Waals surface area contributed by atoms with E-state index in [0.717, 1.165) is 39.0 Å². The fourth-order valence-electron chi connectivity index (χ4n) is 2.69. The van der Waals surface area contributed by atoms with Crippen LogP contribution in [0.25, 0.3) is 0 Å². The van der Waals surface area contributed by atoms with E-state index in [4.69, 9.17) is 4.74 Å². The van der Waals surface area contributed by atoms with E-state index in [1.54, 1.807) is 0 Å². The predicted octanol–water partition coefficient (Wildman–Crippen LogP) is 3.56. The molecule has 0 amide bonds. The Labute approximate surface area is 137 Å². The summed E-state index contributed by atoms with van der Waals surface area (Å²) in [5.41, 5.74) is 2.71. The van der Waals surface area contributed by atoms with Crippen molar-refractivity contribution in [2.75, 3.05) is 20.2 Å². The number of ether oxygens (including phenoxy) is 1. The maximum absolute atomic E-state index is 5.43. The van der Waals surface area contributed by atoms with Gasteiger partial charge < -0.3 is 10.1 Å². The molecule has 1 aromatic rings. The smallest absolute Gasteiger partial charge is 0.0595 e. The second-order valence-corrected chi connectivity index (χ2v) is 7.03. The number of halogens is 1. The van der Waals surface area contributed by atoms with Gasteiger partial charge in [-0.05, 0) is 30.0 Å². The Morgan fingerprint density at radius 3 is 2.62 bits per heavy atom. The number of likely N-dealkylation sites (tertiary alicyclic amines) is 1. The van der Waals surface area contributed by atoms with Crippen molar-refractivity contribution >= 4 is 15.9 Å². The lowest BCUT2D eigenvalue weighted by atomic mass is 10.1. The van der Waals surface area contributed by atoms with Gasteiger partial charge in [-0.15, -0.1) is 0 Å². The van der Waals surface area contributed by atoms with Crippen LogP contribution in [-0.2, 0) is 17.8 Å². The molecule has 3 nitrogen and oxygen atoms in total. The van der Waals surface area contributed by atoms with Gasteiger partial charge in [0.15, 0.2) is 0 Å². The summed E-state index contributed by atoms with van der Waals surface area (Å²) in [5, 5.41) is 3.46. The molecule has 0 bridgehead atoms. The quantitative estimate of drug-likeness (QED) is 0.845. The van der Waals surface area contributed by atoms with E-state index < -0.39 is 0 Å². The van der Waals surface area contributed by atoms with Crippen molar-refractivity contribution in [3.05, 3.63) is 33.8 Å². The zero-order chi connectivity index (χ0) is 15.2. The molecule has 21 heavy (non-hydrogen) atoms. The maximum Gasteiger partial charge on any atom is 0.0595 e. The molecule has 1 aliphatic heterocycles. The number of hydrogen-bond acceptors (Lipinski definition) is 3. The van der Waals surface area contributed by atoms with Crippen molar-refractivity contribution in [1.29, 1.82) is 0 Å². The first-order chi connectivity index (χ1) is 10.1. The summed E-state index contributed by atoms with van der Waals surface area (Å²) < 4.78 is 6.65. The average molecular weight is 355 g/mol. The normalized spacial score (nSPS) is 17.6. The molecular weight excluding hydrogens is 328 g/mol. The van der Waals surface area contributed by atoms with Crippen LogP contribution in [0.15, 0.2) is 22.7 Å². The van der Waals surface area contributed by atoms with Crippen LogP contribution in [0.3, 0.4) is 0 Å². The number of piperidine rings is 1. The van der Waals surface area contributed by atoms with Gasteiger partial charge in [0.1, 0.15) is 0 Å². The molecule has 0 unspecified atom stereocenters. The molecule has 0 radical (unpaired) electrons. The van der Waals surface area contributed by atoms with Crippen LogP contribution in [0, 0.1) is 0 Å². The third kappa shape index (κ3) is 5.37. The molecule has 0 spiro atoms. The van der Waals surface area contributed by atoms with Gasteiger partial charge in [-0.25, -0.2) is 0 Å². The lowest BCUT2D eigenvalue weighted by Gasteiger charge is -2.31. The summed E-state index contributed by atoms with van der Waals surface area (Å²) >= 11 is 3.73. The van der Waals surface area contributed by atoms with E-state index in [1.807, 2.05) is 7.11 Å². The fraction of sp³-hybridized carbons (Fsp3) is 0.647. The average Bonchev–Trinajstić information content (AvgIpc) is 2.48. The van der Waals surface area contributed by atoms with Crippen LogP contribution >= 0.6 is 15.9 Å². The lowest BCUT2D eigenvalue weighted by molar-refractivity contribution is 0.0388. The molecule has 1 aliphatic rings. The third-order valence-corrected chi connectivity index (χ3v) is 4.83. The molecule has 4 heteroatoms. The molecular formula is C17H27BrN2O. The molecule has 1 aromatic carbocycles. The third-order valence-electron chi connectivity index (χ3n) is 4.09. The van der Waals surface area contributed by atoms with Crippen molar-refractivity contribution in [3.63, 3.8) is 0 Å². The van der Waals surface area contributed by atoms with Gasteiger partial charge in [-0.1, -0.05) is 41.9 Å². The molecule has 0 aliphatic carbocycles. The Bertz CT molecular complexity index is 442. The molecule has 0 atom stereocenters. The number of nitrogens with zero attached hydrogens (tertiary/aromatic N) is 1. The van der Waals surface area contributed by atoms with E-state index in [0.29, 0.717) is 12.1 Å². The molecule has 1 saturated heterocycles. The monoisotopic (exact) mass is 354 g/mol. The van der Waals surface area contributed by atoms with Gasteiger partial charge in [0.2, 0.25) is 0 Å². The summed E-state index contributed by atoms with van der Waals surface area (Å²) in [7, 11) is 1.82. The zero-order valence-electron chi connectivity index (χ0n) is 13.4. The highest BCUT2D eigenvalue weighted by atomic mass is 79.9. The van der Waals surface area contributed by atoms with Crippen LogP contribution < -0.4 is 5.32 Å². The summed E-state index contributed by atoms with van der Waals surface area (Å²) in [5.74, 6) is 0. The molecule has 2 rings (SSSR count). The van der Waals surface area contributed by atoms with Crippen molar-refractivity contribution in [1.82, 2.24) is 10.2 Å². The number of rotatable bonds is 6. The minimum Gasteiger partial charge on any atom is -0.381 e. The first-order valence-electron chi connectivity index (χ1n) is 7.84. The van der Waals surface area contributed by atoms with E-state index in [1.165, 1.54) is 15.6 Å². The Balaban J connectivity index is 1.89. The van der Waals surface area contributed by atoms with Crippen molar-refractivity contribution < 1.29 is 4.74 Å². The summed E-state index contributed by atoms with van der Waals surface area (Å²) in [6.45, 7) is 8.55. The zero-order valence-corrected chi connectivity index (χ0v) is 14.9. The van der Waals surface area contributed by atoms with Crippen molar-refractivity contribution in [3.8, 4) is 0 Å². The van der Waals surface area contributed by atoms with Gasteiger partial charge in [-0.3, -0.25) is 4.90 Å². The highest BCUT2D eigenvalue weighted by Crippen LogP contribution is 2.22. The van der Waals surface area contributed by atoms with Crippen molar-refractivity contribution in [2.24, 2.45) is 0 Å². The first-order valence-corrected chi connectivity index (χ1v) is 8.63. The lowest BCUT2D eigenvalue weighted by Crippen LogP contribution is -2.36. The number of methoxy groups -OCH3 is 1. The van der Waals surface area contributed by atoms with Gasteiger partial charge in [0.25, 0.3) is 0 Å². The minimum atomic E-state index is 0.453. The number of hydrogen-bond donors (Lipinski definition) is 1. The largest absolute Gasteiger partial charge is 0.381 e. The molecule has 118 valence electrons. The molecule has 0 aromatic heterocycles. The van der Waals surface area contributed by atoms with Crippen molar-refractivity contribution in [2.45, 2.75) is 51.9 Å². The van der Waals surface area contributed by atoms with Gasteiger partial charge >= 0.3 is 0 Å². The SMILES string of the molecule is COC1CCN(Cc2ccc(CNC(C)C)cc2Br)CC1. The topological polar surface area (TPSA) is 24.5 Å². The van der Waals surface area contributed by atoms with Gasteiger partial charge in [-0.2, -0.15) is 0 Å². The number of benzene rings is 1. The van der Waals surface area contributed by atoms with Crippen LogP contribution in [-0.4, -0.2) is 37.2 Å². The van der Waals surface area contributed by atoms with E-state index in [2.05, 4.69) is 58.2 Å². The Hall–Kier alpha value is -0.420. The van der Waals surface area contributed by atoms with Crippen LogP contribution in [0.5, 0.6) is 0 Å². The van der Waals surface area contributed by atoms with E-state index >= 15 is 0 Å². The second kappa shape index (κ2) is 8.28. The van der Waals surface area contributed by atoms with E-state index in [-0.39, 0.29) is 0 Å². The van der Waals surface area contributed by atoms with Gasteiger partial charge in [0, 0.05) is 43.8 Å². The standard InChI is InChI=1S/C17H27BrN2O/c1-13(2)19-11-14-4-5-15(17(18)10-14)12-20-8-6-16(21-3)7-9-20/h4-5,10,13,16,19H,6-9,11-12H2,1-3H3. The van der Waals surface area contributed by atoms with Crippen LogP contribution in [0.4, 0.5) is 0 Å². The molecule has 0 saturated carbocycles. The summed E-state index contributed by atoms with van der Waals surface area (Å²) in [6, 6.07) is 7.25. The highest BCUT2D eigenvalue weighted by molar-refractivity contribution is 9.10. The Morgan fingerprint density at radius 1 is 1.33 bits per heavy atom. The highest BCUT2D eigenvalue weighted by Gasteiger charge is 2.19. The summed E-state index contributed by atoms with van der Waals surface area (Å²) in [6.07, 6.45) is 2.74. The van der Waals surface area contributed by atoms with Crippen LogP contribution in [0.2, 0.25) is 0 Å². The second-order valence-electron chi connectivity index (χ2n) is 6.17. The van der Waals surface area contributed by atoms with E-state index in [9.17, 15) is 0 Å². The molecule has 1 heterocycles. The molecule has 1 fully saturated rings. The fourth-order valence-corrected chi connectivity index (χ4v) is 3.25.